The highest BCUT2D eigenvalue weighted by Gasteiger charge is 2.21. The molecule has 0 unspecified atom stereocenters. The Morgan fingerprint density at radius 3 is 2.45 bits per heavy atom. The molecule has 0 saturated carbocycles. The number of carboxylic acid groups (broad SMARTS) is 1. The van der Waals surface area contributed by atoms with Crippen LogP contribution in [0, 0.1) is 6.92 Å². The number of aryl methyl sites for hydroxylation is 1. The second-order valence-electron chi connectivity index (χ2n) is 4.35. The second kappa shape index (κ2) is 5.92. The fraction of sp³-hybridized carbons (Fsp3) is 0.143. The van der Waals surface area contributed by atoms with Crippen LogP contribution in [0.1, 0.15) is 16.1 Å². The number of carbonyl (C=O) groups is 2. The Morgan fingerprint density at radius 1 is 1.30 bits per heavy atom. The number of aliphatic carboxylic acids is 1. The first kappa shape index (κ1) is 14.3. The zero-order valence-corrected chi connectivity index (χ0v) is 12.3. The molecule has 104 valence electrons. The minimum absolute atomic E-state index is 0.332. The lowest BCUT2D eigenvalue weighted by Gasteiger charge is -2.20. The fourth-order valence-electron chi connectivity index (χ4n) is 1.78. The standard InChI is InChI=1S/C14H13BrN2O3/c1-9-2-4-11(5-3-9)17(8-13(18)19)14(20)12-6-10(15)7-16-12/h2-7,16H,8H2,1H3,(H,18,19). The number of carboxylic acids is 1. The summed E-state index contributed by atoms with van der Waals surface area (Å²) in [5, 5.41) is 8.99. The molecule has 1 amide bonds. The minimum atomic E-state index is -1.07. The second-order valence-corrected chi connectivity index (χ2v) is 5.27. The first-order valence-corrected chi connectivity index (χ1v) is 6.71. The van der Waals surface area contributed by atoms with Gasteiger partial charge >= 0.3 is 5.97 Å². The number of anilines is 1. The number of hydrogen-bond acceptors (Lipinski definition) is 2. The third kappa shape index (κ3) is 3.27. The predicted molar refractivity (Wildman–Crippen MR) is 79.0 cm³/mol. The average Bonchev–Trinajstić information content (AvgIpc) is 2.83. The lowest BCUT2D eigenvalue weighted by Crippen LogP contribution is -2.35. The molecule has 2 rings (SSSR count). The van der Waals surface area contributed by atoms with Crippen LogP contribution in [0.2, 0.25) is 0 Å². The Kier molecular flexibility index (Phi) is 4.24. The number of H-pyrrole nitrogens is 1. The lowest BCUT2D eigenvalue weighted by atomic mass is 10.2. The predicted octanol–water partition coefficient (Wildman–Crippen LogP) is 2.82. The summed E-state index contributed by atoms with van der Waals surface area (Å²) in [6.07, 6.45) is 1.63. The molecule has 2 aromatic rings. The van der Waals surface area contributed by atoms with Crippen LogP contribution in [0.25, 0.3) is 0 Å². The molecule has 0 saturated heterocycles. The summed E-state index contributed by atoms with van der Waals surface area (Å²) in [6.45, 7) is 1.54. The molecular formula is C14H13BrN2O3. The van der Waals surface area contributed by atoms with Crippen molar-refractivity contribution in [1.82, 2.24) is 4.98 Å². The van der Waals surface area contributed by atoms with Crippen molar-refractivity contribution < 1.29 is 14.7 Å². The monoisotopic (exact) mass is 336 g/mol. The Morgan fingerprint density at radius 2 is 1.95 bits per heavy atom. The van der Waals surface area contributed by atoms with Gasteiger partial charge in [0.15, 0.2) is 0 Å². The summed E-state index contributed by atoms with van der Waals surface area (Å²) in [5.74, 6) is -1.45. The maximum Gasteiger partial charge on any atom is 0.323 e. The zero-order chi connectivity index (χ0) is 14.7. The number of amides is 1. The fourth-order valence-corrected chi connectivity index (χ4v) is 2.12. The SMILES string of the molecule is Cc1ccc(N(CC(=O)O)C(=O)c2cc(Br)c[nH]2)cc1. The Bertz CT molecular complexity index is 634. The molecule has 0 radical (unpaired) electrons. The number of aromatic nitrogens is 1. The van der Waals surface area contributed by atoms with E-state index >= 15 is 0 Å². The molecule has 20 heavy (non-hydrogen) atoms. The van der Waals surface area contributed by atoms with Crippen molar-refractivity contribution >= 4 is 33.5 Å². The van der Waals surface area contributed by atoms with Gasteiger partial charge in [-0.1, -0.05) is 17.7 Å². The van der Waals surface area contributed by atoms with Crippen molar-refractivity contribution in [3.63, 3.8) is 0 Å². The zero-order valence-electron chi connectivity index (χ0n) is 10.8. The van der Waals surface area contributed by atoms with E-state index in [1.165, 1.54) is 4.90 Å². The highest BCUT2D eigenvalue weighted by atomic mass is 79.9. The third-order valence-corrected chi connectivity index (χ3v) is 3.22. The number of halogens is 1. The van der Waals surface area contributed by atoms with Crippen molar-refractivity contribution in [1.29, 1.82) is 0 Å². The number of nitrogens with zero attached hydrogens (tertiary/aromatic N) is 1. The molecule has 5 nitrogen and oxygen atoms in total. The number of benzene rings is 1. The van der Waals surface area contributed by atoms with Crippen LogP contribution in [0.5, 0.6) is 0 Å². The van der Waals surface area contributed by atoms with Gasteiger partial charge in [0.05, 0.1) is 0 Å². The molecule has 0 bridgehead atoms. The molecule has 1 aromatic heterocycles. The topological polar surface area (TPSA) is 73.4 Å². The summed E-state index contributed by atoms with van der Waals surface area (Å²) in [7, 11) is 0. The lowest BCUT2D eigenvalue weighted by molar-refractivity contribution is -0.135. The molecule has 0 atom stereocenters. The van der Waals surface area contributed by atoms with Gasteiger partial charge < -0.3 is 10.1 Å². The Balaban J connectivity index is 2.34. The summed E-state index contributed by atoms with van der Waals surface area (Å²) in [6, 6.07) is 8.75. The number of hydrogen-bond donors (Lipinski definition) is 2. The van der Waals surface area contributed by atoms with Crippen molar-refractivity contribution in [3.05, 3.63) is 52.3 Å². The van der Waals surface area contributed by atoms with Crippen LogP contribution in [-0.2, 0) is 4.79 Å². The first-order chi connectivity index (χ1) is 9.47. The van der Waals surface area contributed by atoms with Gasteiger partial charge in [0.25, 0.3) is 5.91 Å². The Labute approximate surface area is 124 Å². The molecule has 0 aliphatic rings. The van der Waals surface area contributed by atoms with Crippen LogP contribution < -0.4 is 4.90 Å². The maximum absolute atomic E-state index is 12.4. The maximum atomic E-state index is 12.4. The summed E-state index contributed by atoms with van der Waals surface area (Å²) < 4.78 is 0.736. The molecule has 2 N–H and O–H groups in total. The number of aromatic amines is 1. The van der Waals surface area contributed by atoms with Gasteiger partial charge in [-0.25, -0.2) is 0 Å². The van der Waals surface area contributed by atoms with Crippen LogP contribution in [0.15, 0.2) is 41.0 Å². The van der Waals surface area contributed by atoms with Gasteiger partial charge in [-0.05, 0) is 41.1 Å². The van der Waals surface area contributed by atoms with Crippen LogP contribution in [0.3, 0.4) is 0 Å². The smallest absolute Gasteiger partial charge is 0.323 e. The first-order valence-electron chi connectivity index (χ1n) is 5.91. The molecule has 0 aliphatic carbocycles. The quantitative estimate of drug-likeness (QED) is 0.901. The van der Waals surface area contributed by atoms with Crippen molar-refractivity contribution in [3.8, 4) is 0 Å². The molecule has 0 aliphatic heterocycles. The van der Waals surface area contributed by atoms with Crippen LogP contribution >= 0.6 is 15.9 Å². The molecule has 1 aromatic carbocycles. The number of nitrogens with one attached hydrogen (secondary N) is 1. The van der Waals surface area contributed by atoms with Gasteiger partial charge in [-0.3, -0.25) is 14.5 Å². The van der Waals surface area contributed by atoms with E-state index in [1.807, 2.05) is 19.1 Å². The summed E-state index contributed by atoms with van der Waals surface area (Å²) in [4.78, 5) is 27.4. The van der Waals surface area contributed by atoms with E-state index in [-0.39, 0.29) is 5.91 Å². The minimum Gasteiger partial charge on any atom is -0.480 e. The number of carbonyl (C=O) groups excluding carboxylic acids is 1. The molecule has 1 heterocycles. The third-order valence-electron chi connectivity index (χ3n) is 2.76. The highest BCUT2D eigenvalue weighted by molar-refractivity contribution is 9.10. The molecule has 0 spiro atoms. The Hall–Kier alpha value is -2.08. The van der Waals surface area contributed by atoms with E-state index in [0.717, 1.165) is 10.0 Å². The van der Waals surface area contributed by atoms with Gasteiger partial charge in [-0.15, -0.1) is 0 Å². The van der Waals surface area contributed by atoms with Crippen molar-refractivity contribution in [2.24, 2.45) is 0 Å². The van der Waals surface area contributed by atoms with Gasteiger partial charge in [0.1, 0.15) is 12.2 Å². The highest BCUT2D eigenvalue weighted by Crippen LogP contribution is 2.19. The van der Waals surface area contributed by atoms with Gasteiger partial charge in [0.2, 0.25) is 0 Å². The van der Waals surface area contributed by atoms with E-state index in [0.29, 0.717) is 11.4 Å². The van der Waals surface area contributed by atoms with E-state index < -0.39 is 12.5 Å². The van der Waals surface area contributed by atoms with Crippen LogP contribution in [0.4, 0.5) is 5.69 Å². The van der Waals surface area contributed by atoms with E-state index in [2.05, 4.69) is 20.9 Å². The molecule has 6 heteroatoms. The van der Waals surface area contributed by atoms with Crippen molar-refractivity contribution in [2.45, 2.75) is 6.92 Å². The normalized spacial score (nSPS) is 10.3. The van der Waals surface area contributed by atoms with Gasteiger partial charge in [-0.2, -0.15) is 0 Å². The van der Waals surface area contributed by atoms with Crippen LogP contribution in [-0.4, -0.2) is 28.5 Å². The average molecular weight is 337 g/mol. The molecule has 0 fully saturated rings. The van der Waals surface area contributed by atoms with E-state index in [4.69, 9.17) is 5.11 Å². The summed E-state index contributed by atoms with van der Waals surface area (Å²) in [5.41, 5.74) is 1.92. The largest absolute Gasteiger partial charge is 0.480 e. The number of rotatable bonds is 4. The molecular weight excluding hydrogens is 324 g/mol. The summed E-state index contributed by atoms with van der Waals surface area (Å²) >= 11 is 3.25. The van der Waals surface area contributed by atoms with Crippen molar-refractivity contribution in [2.75, 3.05) is 11.4 Å². The van der Waals surface area contributed by atoms with Gasteiger partial charge in [0, 0.05) is 16.4 Å². The van der Waals surface area contributed by atoms with E-state index in [9.17, 15) is 9.59 Å². The van der Waals surface area contributed by atoms with E-state index in [1.54, 1.807) is 24.4 Å².